The number of fused-ring (bicyclic) bond motifs is 1. The van der Waals surface area contributed by atoms with Crippen LogP contribution in [-0.2, 0) is 26.1 Å². The molecule has 0 fully saturated rings. The van der Waals surface area contributed by atoms with Gasteiger partial charge in [0, 0.05) is 44.2 Å². The van der Waals surface area contributed by atoms with E-state index >= 15 is 0 Å². The van der Waals surface area contributed by atoms with Crippen LogP contribution in [0, 0.1) is 0 Å². The Kier molecular flexibility index (Phi) is 5.97. The van der Waals surface area contributed by atoms with Crippen LogP contribution in [0.25, 0.3) is 5.69 Å². The Labute approximate surface area is 173 Å². The molecule has 1 N–H and O–H groups in total. The number of hydrogen-bond acceptors (Lipinski definition) is 4. The molecule has 152 valence electrons. The van der Waals surface area contributed by atoms with E-state index in [2.05, 4.69) is 65.1 Å². The summed E-state index contributed by atoms with van der Waals surface area (Å²) in [4.78, 5) is 2.52. The normalized spacial score (nSPS) is 14.2. The van der Waals surface area contributed by atoms with Gasteiger partial charge in [-0.2, -0.15) is 5.10 Å². The van der Waals surface area contributed by atoms with Crippen LogP contribution in [0.5, 0.6) is 5.75 Å². The summed E-state index contributed by atoms with van der Waals surface area (Å²) in [5.74, 6) is 0.855. The highest BCUT2D eigenvalue weighted by Crippen LogP contribution is 2.30. The van der Waals surface area contributed by atoms with Crippen LogP contribution in [0.15, 0.2) is 54.6 Å². The fraction of sp³-hybridized carbons (Fsp3) is 0.375. The maximum absolute atomic E-state index is 5.61. The van der Waals surface area contributed by atoms with Crippen molar-refractivity contribution in [3.05, 3.63) is 77.1 Å². The summed E-state index contributed by atoms with van der Waals surface area (Å²) in [6.45, 7) is 8.05. The van der Waals surface area contributed by atoms with E-state index in [1.165, 1.54) is 16.8 Å². The van der Waals surface area contributed by atoms with Crippen molar-refractivity contribution in [2.24, 2.45) is 0 Å². The lowest BCUT2D eigenvalue weighted by molar-refractivity contribution is 0.242. The first-order valence-electron chi connectivity index (χ1n) is 10.4. The van der Waals surface area contributed by atoms with Crippen molar-refractivity contribution in [2.75, 3.05) is 13.7 Å². The molecule has 1 aliphatic heterocycles. The smallest absolute Gasteiger partial charge is 0.144 e. The van der Waals surface area contributed by atoms with Gasteiger partial charge in [-0.15, -0.1) is 0 Å². The third-order valence-electron chi connectivity index (χ3n) is 5.46. The summed E-state index contributed by atoms with van der Waals surface area (Å²) in [5, 5.41) is 8.58. The molecule has 3 aromatic rings. The van der Waals surface area contributed by atoms with Crippen molar-refractivity contribution in [2.45, 2.75) is 45.9 Å². The predicted molar refractivity (Wildman–Crippen MR) is 116 cm³/mol. The van der Waals surface area contributed by atoms with Crippen molar-refractivity contribution >= 4 is 0 Å². The van der Waals surface area contributed by atoms with E-state index in [9.17, 15) is 0 Å². The first-order valence-corrected chi connectivity index (χ1v) is 10.4. The lowest BCUT2D eigenvalue weighted by Crippen LogP contribution is -2.31. The first-order chi connectivity index (χ1) is 14.2. The van der Waals surface area contributed by atoms with Crippen LogP contribution in [0.2, 0.25) is 0 Å². The molecule has 1 aliphatic rings. The third kappa shape index (κ3) is 4.36. The van der Waals surface area contributed by atoms with Gasteiger partial charge in [-0.3, -0.25) is 4.90 Å². The quantitative estimate of drug-likeness (QED) is 0.664. The Morgan fingerprint density at radius 1 is 1.07 bits per heavy atom. The van der Waals surface area contributed by atoms with Crippen molar-refractivity contribution in [3.63, 3.8) is 0 Å². The maximum atomic E-state index is 5.61. The number of methoxy groups -OCH3 is 1. The van der Waals surface area contributed by atoms with E-state index in [-0.39, 0.29) is 0 Å². The van der Waals surface area contributed by atoms with Gasteiger partial charge in [0.2, 0.25) is 0 Å². The fourth-order valence-corrected chi connectivity index (χ4v) is 3.97. The van der Waals surface area contributed by atoms with Crippen LogP contribution in [0.4, 0.5) is 0 Å². The van der Waals surface area contributed by atoms with Gasteiger partial charge < -0.3 is 10.1 Å². The molecule has 4 rings (SSSR count). The van der Waals surface area contributed by atoms with Gasteiger partial charge >= 0.3 is 0 Å². The fourth-order valence-electron chi connectivity index (χ4n) is 3.97. The number of nitrogens with zero attached hydrogens (tertiary/aromatic N) is 3. The largest absolute Gasteiger partial charge is 0.494 e. The highest BCUT2D eigenvalue weighted by Gasteiger charge is 2.26. The summed E-state index contributed by atoms with van der Waals surface area (Å²) < 4.78 is 7.71. The summed E-state index contributed by atoms with van der Waals surface area (Å²) >= 11 is 0. The third-order valence-corrected chi connectivity index (χ3v) is 5.46. The zero-order valence-electron chi connectivity index (χ0n) is 17.6. The molecule has 2 heterocycles. The number of aromatic nitrogens is 2. The molecule has 0 saturated carbocycles. The second kappa shape index (κ2) is 8.80. The molecular weight excluding hydrogens is 360 g/mol. The molecule has 0 atom stereocenters. The van der Waals surface area contributed by atoms with Gasteiger partial charge in [-0.1, -0.05) is 56.3 Å². The van der Waals surface area contributed by atoms with Gasteiger partial charge in [0.05, 0.1) is 18.5 Å². The highest BCUT2D eigenvalue weighted by molar-refractivity contribution is 5.49. The summed E-state index contributed by atoms with van der Waals surface area (Å²) in [6.07, 6.45) is 0.981. The standard InChI is InChI=1S/C24H30N4O/c1-18(2)25-15-21-20-17-27(16-19-9-5-4-6-10-19)14-13-22(20)28(26-21)23-11-7-8-12-24(23)29-3/h4-12,18,25H,13-17H2,1-3H3. The molecule has 2 aromatic carbocycles. The molecule has 5 nitrogen and oxygen atoms in total. The van der Waals surface area contributed by atoms with Crippen LogP contribution in [0.1, 0.15) is 36.4 Å². The van der Waals surface area contributed by atoms with Crippen LogP contribution in [0.3, 0.4) is 0 Å². The molecule has 0 bridgehead atoms. The predicted octanol–water partition coefficient (Wildman–Crippen LogP) is 3.94. The van der Waals surface area contributed by atoms with Gasteiger partial charge in [0.1, 0.15) is 11.4 Å². The molecule has 0 saturated heterocycles. The summed E-state index contributed by atoms with van der Waals surface area (Å²) in [5.41, 5.74) is 6.16. The van der Waals surface area contributed by atoms with Crippen molar-refractivity contribution < 1.29 is 4.74 Å². The van der Waals surface area contributed by atoms with Crippen molar-refractivity contribution in [3.8, 4) is 11.4 Å². The zero-order valence-corrected chi connectivity index (χ0v) is 17.6. The number of hydrogen-bond donors (Lipinski definition) is 1. The molecule has 5 heteroatoms. The van der Waals surface area contributed by atoms with E-state index in [4.69, 9.17) is 9.84 Å². The van der Waals surface area contributed by atoms with Gasteiger partial charge in [0.25, 0.3) is 0 Å². The van der Waals surface area contributed by atoms with Crippen LogP contribution < -0.4 is 10.1 Å². The number of rotatable bonds is 7. The number of nitrogens with one attached hydrogen (secondary N) is 1. The van der Waals surface area contributed by atoms with Gasteiger partial charge in [-0.05, 0) is 17.7 Å². The SMILES string of the molecule is COc1ccccc1-n1nc(CNC(C)C)c2c1CCN(Cc1ccccc1)C2. The number of ether oxygens (including phenoxy) is 1. The highest BCUT2D eigenvalue weighted by atomic mass is 16.5. The van der Waals surface area contributed by atoms with E-state index in [1.54, 1.807) is 7.11 Å². The summed E-state index contributed by atoms with van der Waals surface area (Å²) in [6, 6.07) is 19.3. The topological polar surface area (TPSA) is 42.3 Å². The molecule has 0 radical (unpaired) electrons. The number of para-hydroxylation sites is 2. The molecular formula is C24H30N4O. The minimum atomic E-state index is 0.422. The molecule has 0 unspecified atom stereocenters. The van der Waals surface area contributed by atoms with E-state index in [0.717, 1.165) is 49.7 Å². The van der Waals surface area contributed by atoms with Crippen LogP contribution in [-0.4, -0.2) is 34.4 Å². The molecule has 0 aliphatic carbocycles. The second-order valence-electron chi connectivity index (χ2n) is 7.94. The van der Waals surface area contributed by atoms with Gasteiger partial charge in [-0.25, -0.2) is 4.68 Å². The number of benzene rings is 2. The zero-order chi connectivity index (χ0) is 20.2. The molecule has 29 heavy (non-hydrogen) atoms. The van der Waals surface area contributed by atoms with Gasteiger partial charge in [0.15, 0.2) is 0 Å². The van der Waals surface area contributed by atoms with Crippen LogP contribution >= 0.6 is 0 Å². The average molecular weight is 391 g/mol. The molecule has 0 spiro atoms. The Bertz CT molecular complexity index is 949. The minimum Gasteiger partial charge on any atom is -0.494 e. The Hall–Kier alpha value is -2.63. The van der Waals surface area contributed by atoms with E-state index in [1.807, 2.05) is 18.2 Å². The van der Waals surface area contributed by atoms with Crippen molar-refractivity contribution in [1.82, 2.24) is 20.0 Å². The minimum absolute atomic E-state index is 0.422. The Morgan fingerprint density at radius 3 is 2.59 bits per heavy atom. The Morgan fingerprint density at radius 2 is 1.83 bits per heavy atom. The lowest BCUT2D eigenvalue weighted by Gasteiger charge is -2.28. The summed E-state index contributed by atoms with van der Waals surface area (Å²) in [7, 11) is 1.72. The monoisotopic (exact) mass is 390 g/mol. The molecule has 1 aromatic heterocycles. The average Bonchev–Trinajstić information content (AvgIpc) is 3.10. The first kappa shape index (κ1) is 19.7. The second-order valence-corrected chi connectivity index (χ2v) is 7.94. The van der Waals surface area contributed by atoms with E-state index in [0.29, 0.717) is 6.04 Å². The van der Waals surface area contributed by atoms with E-state index < -0.39 is 0 Å². The Balaban J connectivity index is 1.67. The maximum Gasteiger partial charge on any atom is 0.144 e. The molecule has 0 amide bonds. The van der Waals surface area contributed by atoms with Crippen molar-refractivity contribution in [1.29, 1.82) is 0 Å². The lowest BCUT2D eigenvalue weighted by atomic mass is 10.0.